The van der Waals surface area contributed by atoms with E-state index in [9.17, 15) is 20.0 Å². The maximum absolute atomic E-state index is 12.1. The number of carbonyl (C=O) groups excluding carboxylic acids is 1. The molecule has 2 rings (SSSR count). The number of carbonyl (C=O) groups is 1. The minimum absolute atomic E-state index is 0.0210. The maximum Gasteiger partial charge on any atom is 0.282 e. The minimum atomic E-state index is -0.707. The standard InChI is InChI=1S/C15H13N3O4S/c1-9-6-7-11(13(19)8-9)16-15(23)17-14(20)10-4-2-3-5-12(10)18(21)22/h2-8,19H,1H3,(H2,16,17,20,23). The molecule has 2 aromatic rings. The van der Waals surface area contributed by atoms with Crippen molar-refractivity contribution in [3.05, 3.63) is 63.7 Å². The Morgan fingerprint density at radius 2 is 1.96 bits per heavy atom. The number of rotatable bonds is 3. The van der Waals surface area contributed by atoms with Crippen molar-refractivity contribution in [3.8, 4) is 5.75 Å². The molecule has 0 fully saturated rings. The number of nitro groups is 1. The minimum Gasteiger partial charge on any atom is -0.506 e. The number of hydrogen-bond donors (Lipinski definition) is 3. The van der Waals surface area contributed by atoms with Gasteiger partial charge in [-0.1, -0.05) is 18.2 Å². The molecule has 0 saturated heterocycles. The van der Waals surface area contributed by atoms with Gasteiger partial charge in [-0.2, -0.15) is 0 Å². The van der Waals surface area contributed by atoms with Gasteiger partial charge in [0.25, 0.3) is 11.6 Å². The number of nitro benzene ring substituents is 1. The Hall–Kier alpha value is -3.00. The molecule has 0 bridgehead atoms. The number of phenolic OH excluding ortho intramolecular Hbond substituents is 1. The van der Waals surface area contributed by atoms with Crippen LogP contribution in [0.15, 0.2) is 42.5 Å². The summed E-state index contributed by atoms with van der Waals surface area (Å²) in [6.07, 6.45) is 0. The van der Waals surface area contributed by atoms with Crippen molar-refractivity contribution in [3.63, 3.8) is 0 Å². The summed E-state index contributed by atoms with van der Waals surface area (Å²) in [7, 11) is 0. The fourth-order valence-corrected chi connectivity index (χ4v) is 2.10. The predicted molar refractivity (Wildman–Crippen MR) is 89.6 cm³/mol. The van der Waals surface area contributed by atoms with Gasteiger partial charge in [0.1, 0.15) is 11.3 Å². The van der Waals surface area contributed by atoms with Crippen LogP contribution in [0, 0.1) is 17.0 Å². The smallest absolute Gasteiger partial charge is 0.282 e. The van der Waals surface area contributed by atoms with E-state index in [0.717, 1.165) is 5.56 Å². The Bertz CT molecular complexity index is 792. The lowest BCUT2D eigenvalue weighted by molar-refractivity contribution is -0.385. The summed E-state index contributed by atoms with van der Waals surface area (Å²) in [6.45, 7) is 1.82. The molecule has 0 aliphatic carbocycles. The van der Waals surface area contributed by atoms with Crippen LogP contribution in [0.25, 0.3) is 0 Å². The van der Waals surface area contributed by atoms with Gasteiger partial charge in [-0.15, -0.1) is 0 Å². The van der Waals surface area contributed by atoms with Gasteiger partial charge >= 0.3 is 0 Å². The first-order valence-electron chi connectivity index (χ1n) is 6.54. The Labute approximate surface area is 137 Å². The number of benzene rings is 2. The third-order valence-electron chi connectivity index (χ3n) is 2.97. The number of amides is 1. The molecule has 0 unspecified atom stereocenters. The topological polar surface area (TPSA) is 104 Å². The van der Waals surface area contributed by atoms with Crippen LogP contribution >= 0.6 is 12.2 Å². The number of anilines is 1. The number of para-hydroxylation sites is 1. The van der Waals surface area contributed by atoms with Gasteiger partial charge < -0.3 is 10.4 Å². The lowest BCUT2D eigenvalue weighted by Gasteiger charge is -2.11. The van der Waals surface area contributed by atoms with Crippen molar-refractivity contribution >= 4 is 34.6 Å². The average Bonchev–Trinajstić information content (AvgIpc) is 2.50. The van der Waals surface area contributed by atoms with E-state index < -0.39 is 10.8 Å². The zero-order valence-corrected chi connectivity index (χ0v) is 12.9. The third kappa shape index (κ3) is 4.01. The molecular weight excluding hydrogens is 318 g/mol. The van der Waals surface area contributed by atoms with Crippen LogP contribution in [0.5, 0.6) is 5.75 Å². The summed E-state index contributed by atoms with van der Waals surface area (Å²) in [5.41, 5.74) is 0.770. The van der Waals surface area contributed by atoms with Crippen molar-refractivity contribution < 1.29 is 14.8 Å². The quantitative estimate of drug-likeness (QED) is 0.346. The number of hydrogen-bond acceptors (Lipinski definition) is 5. The highest BCUT2D eigenvalue weighted by Crippen LogP contribution is 2.24. The monoisotopic (exact) mass is 331 g/mol. The number of nitrogens with zero attached hydrogens (tertiary/aromatic N) is 1. The highest BCUT2D eigenvalue weighted by Gasteiger charge is 2.20. The summed E-state index contributed by atoms with van der Waals surface area (Å²) in [6, 6.07) is 10.5. The zero-order chi connectivity index (χ0) is 17.0. The van der Waals surface area contributed by atoms with Gasteiger partial charge in [-0.3, -0.25) is 20.2 Å². The SMILES string of the molecule is Cc1ccc(NC(=S)NC(=O)c2ccccc2[N+](=O)[O-])c(O)c1. The van der Waals surface area contributed by atoms with E-state index >= 15 is 0 Å². The first-order valence-corrected chi connectivity index (χ1v) is 6.94. The van der Waals surface area contributed by atoms with Crippen LogP contribution in [0.3, 0.4) is 0 Å². The van der Waals surface area contributed by atoms with Gasteiger partial charge in [0, 0.05) is 6.07 Å². The molecule has 0 atom stereocenters. The fourth-order valence-electron chi connectivity index (χ4n) is 1.90. The highest BCUT2D eigenvalue weighted by atomic mass is 32.1. The normalized spacial score (nSPS) is 9.96. The molecule has 0 spiro atoms. The van der Waals surface area contributed by atoms with Crippen molar-refractivity contribution in [2.75, 3.05) is 5.32 Å². The number of nitrogens with one attached hydrogen (secondary N) is 2. The lowest BCUT2D eigenvalue weighted by Crippen LogP contribution is -2.34. The van der Waals surface area contributed by atoms with Crippen molar-refractivity contribution in [2.45, 2.75) is 6.92 Å². The van der Waals surface area contributed by atoms with Gasteiger partial charge in [0.15, 0.2) is 5.11 Å². The Morgan fingerprint density at radius 1 is 1.26 bits per heavy atom. The second-order valence-electron chi connectivity index (χ2n) is 4.70. The van der Waals surface area contributed by atoms with E-state index in [1.54, 1.807) is 12.1 Å². The van der Waals surface area contributed by atoms with E-state index in [2.05, 4.69) is 10.6 Å². The summed E-state index contributed by atoms with van der Waals surface area (Å²) in [5.74, 6) is -0.728. The van der Waals surface area contributed by atoms with Crippen molar-refractivity contribution in [2.24, 2.45) is 0 Å². The highest BCUT2D eigenvalue weighted by molar-refractivity contribution is 7.80. The van der Waals surface area contributed by atoms with E-state index in [1.807, 2.05) is 6.92 Å². The van der Waals surface area contributed by atoms with E-state index in [1.165, 1.54) is 30.3 Å². The van der Waals surface area contributed by atoms with Crippen LogP contribution in [0.2, 0.25) is 0 Å². The van der Waals surface area contributed by atoms with E-state index in [0.29, 0.717) is 5.69 Å². The van der Waals surface area contributed by atoms with Crippen molar-refractivity contribution in [1.82, 2.24) is 5.32 Å². The average molecular weight is 331 g/mol. The molecule has 118 valence electrons. The Morgan fingerprint density at radius 3 is 2.61 bits per heavy atom. The number of thiocarbonyl (C=S) groups is 1. The number of aromatic hydroxyl groups is 1. The van der Waals surface area contributed by atoms with Crippen LogP contribution < -0.4 is 10.6 Å². The largest absolute Gasteiger partial charge is 0.506 e. The molecule has 0 radical (unpaired) electrons. The van der Waals surface area contributed by atoms with Gasteiger partial charge in [-0.25, -0.2) is 0 Å². The second kappa shape index (κ2) is 6.84. The fraction of sp³-hybridized carbons (Fsp3) is 0.0667. The van der Waals surface area contributed by atoms with Gasteiger partial charge in [0.05, 0.1) is 10.6 Å². The molecule has 23 heavy (non-hydrogen) atoms. The molecular formula is C15H13N3O4S. The molecule has 1 amide bonds. The molecule has 0 heterocycles. The molecule has 3 N–H and O–H groups in total. The van der Waals surface area contributed by atoms with Crippen LogP contribution in [0.4, 0.5) is 11.4 Å². The summed E-state index contributed by atoms with van der Waals surface area (Å²) >= 11 is 4.99. The summed E-state index contributed by atoms with van der Waals surface area (Å²) in [4.78, 5) is 22.4. The molecule has 7 nitrogen and oxygen atoms in total. The number of phenols is 1. The first-order chi connectivity index (χ1) is 10.9. The first kappa shape index (κ1) is 16.4. The molecule has 0 aromatic heterocycles. The van der Waals surface area contributed by atoms with E-state index in [4.69, 9.17) is 12.2 Å². The zero-order valence-electron chi connectivity index (χ0n) is 12.1. The van der Waals surface area contributed by atoms with Crippen LogP contribution in [0.1, 0.15) is 15.9 Å². The third-order valence-corrected chi connectivity index (χ3v) is 3.18. The Balaban J connectivity index is 2.11. The second-order valence-corrected chi connectivity index (χ2v) is 5.11. The summed E-state index contributed by atoms with van der Waals surface area (Å²) < 4.78 is 0. The molecule has 0 aliphatic heterocycles. The van der Waals surface area contributed by atoms with Crippen LogP contribution in [-0.2, 0) is 0 Å². The van der Waals surface area contributed by atoms with Gasteiger partial charge in [0.2, 0.25) is 0 Å². The van der Waals surface area contributed by atoms with Gasteiger partial charge in [-0.05, 0) is 42.9 Å². The molecule has 2 aromatic carbocycles. The molecule has 0 aliphatic rings. The van der Waals surface area contributed by atoms with Crippen LogP contribution in [-0.4, -0.2) is 21.0 Å². The molecule has 8 heteroatoms. The predicted octanol–water partition coefficient (Wildman–Crippen LogP) is 2.74. The Kier molecular flexibility index (Phi) is 4.87. The lowest BCUT2D eigenvalue weighted by atomic mass is 10.1. The van der Waals surface area contributed by atoms with E-state index in [-0.39, 0.29) is 22.1 Å². The summed E-state index contributed by atoms with van der Waals surface area (Å²) in [5, 5.41) is 25.6. The maximum atomic E-state index is 12.1. The molecule has 0 saturated carbocycles. The number of aryl methyl sites for hydroxylation is 1. The van der Waals surface area contributed by atoms with Crippen molar-refractivity contribution in [1.29, 1.82) is 0 Å².